The van der Waals surface area contributed by atoms with E-state index < -0.39 is 0 Å². The molecule has 0 aliphatic rings. The molecule has 0 radical (unpaired) electrons. The van der Waals surface area contributed by atoms with Gasteiger partial charge >= 0.3 is 0 Å². The maximum absolute atomic E-state index is 12.4. The predicted octanol–water partition coefficient (Wildman–Crippen LogP) is 2.12. The molecule has 5 nitrogen and oxygen atoms in total. The van der Waals surface area contributed by atoms with E-state index in [4.69, 9.17) is 0 Å². The second-order valence-electron chi connectivity index (χ2n) is 5.56. The lowest BCUT2D eigenvalue weighted by molar-refractivity contribution is 0.0950. The summed E-state index contributed by atoms with van der Waals surface area (Å²) in [6, 6.07) is 9.92. The van der Waals surface area contributed by atoms with Crippen molar-refractivity contribution in [3.05, 3.63) is 47.8 Å². The summed E-state index contributed by atoms with van der Waals surface area (Å²) in [5, 5.41) is 7.37. The Balaban J connectivity index is 2.21. The van der Waals surface area contributed by atoms with Crippen molar-refractivity contribution in [2.75, 3.05) is 27.2 Å². The summed E-state index contributed by atoms with van der Waals surface area (Å²) < 4.78 is 1.87. The summed E-state index contributed by atoms with van der Waals surface area (Å²) >= 11 is 0. The van der Waals surface area contributed by atoms with Gasteiger partial charge in [-0.1, -0.05) is 31.5 Å². The van der Waals surface area contributed by atoms with Crippen molar-refractivity contribution in [1.82, 2.24) is 20.0 Å². The molecule has 22 heavy (non-hydrogen) atoms. The highest BCUT2D eigenvalue weighted by molar-refractivity contribution is 5.95. The Labute approximate surface area is 131 Å². The van der Waals surface area contributed by atoms with Gasteiger partial charge in [0.2, 0.25) is 0 Å². The van der Waals surface area contributed by atoms with E-state index >= 15 is 0 Å². The van der Waals surface area contributed by atoms with E-state index in [0.29, 0.717) is 12.1 Å². The molecule has 0 bridgehead atoms. The third kappa shape index (κ3) is 3.95. The Morgan fingerprint density at radius 1 is 1.27 bits per heavy atom. The predicted molar refractivity (Wildman–Crippen MR) is 88.4 cm³/mol. The van der Waals surface area contributed by atoms with Crippen LogP contribution in [-0.2, 0) is 6.42 Å². The van der Waals surface area contributed by atoms with Gasteiger partial charge in [-0.25, -0.2) is 4.68 Å². The lowest BCUT2D eigenvalue weighted by Gasteiger charge is -2.11. The SMILES string of the molecule is CCCc1c(C(=O)NCCN(C)C)cnn1-c1ccccc1. The fraction of sp³-hybridized carbons (Fsp3) is 0.412. The molecular formula is C17H24N4O. The van der Waals surface area contributed by atoms with Gasteiger partial charge in [-0.3, -0.25) is 4.79 Å². The zero-order valence-corrected chi connectivity index (χ0v) is 13.5. The average Bonchev–Trinajstić information content (AvgIpc) is 2.92. The van der Waals surface area contributed by atoms with Crippen LogP contribution in [0.25, 0.3) is 5.69 Å². The van der Waals surface area contributed by atoms with Crippen molar-refractivity contribution < 1.29 is 4.79 Å². The highest BCUT2D eigenvalue weighted by Gasteiger charge is 2.17. The average molecular weight is 300 g/mol. The van der Waals surface area contributed by atoms with Crippen molar-refractivity contribution in [3.63, 3.8) is 0 Å². The maximum atomic E-state index is 12.4. The molecule has 1 amide bonds. The number of carbonyl (C=O) groups excluding carboxylic acids is 1. The first-order chi connectivity index (χ1) is 10.6. The number of hydrogen-bond donors (Lipinski definition) is 1. The van der Waals surface area contributed by atoms with Crippen LogP contribution in [0, 0.1) is 0 Å². The van der Waals surface area contributed by atoms with Gasteiger partial charge in [-0.15, -0.1) is 0 Å². The first kappa shape index (κ1) is 16.2. The van der Waals surface area contributed by atoms with Gasteiger partial charge in [-0.2, -0.15) is 5.10 Å². The molecule has 1 N–H and O–H groups in total. The lowest BCUT2D eigenvalue weighted by Crippen LogP contribution is -2.31. The molecule has 0 spiro atoms. The van der Waals surface area contributed by atoms with Crippen molar-refractivity contribution in [3.8, 4) is 5.69 Å². The van der Waals surface area contributed by atoms with E-state index in [1.54, 1.807) is 6.20 Å². The molecule has 5 heteroatoms. The number of nitrogens with zero attached hydrogens (tertiary/aromatic N) is 3. The highest BCUT2D eigenvalue weighted by atomic mass is 16.1. The first-order valence-corrected chi connectivity index (χ1v) is 7.68. The highest BCUT2D eigenvalue weighted by Crippen LogP contribution is 2.16. The third-order valence-corrected chi connectivity index (χ3v) is 3.45. The van der Waals surface area contributed by atoms with E-state index in [9.17, 15) is 4.79 Å². The maximum Gasteiger partial charge on any atom is 0.254 e. The number of hydrogen-bond acceptors (Lipinski definition) is 3. The normalized spacial score (nSPS) is 10.9. The molecule has 0 aliphatic heterocycles. The van der Waals surface area contributed by atoms with Gasteiger partial charge in [0.1, 0.15) is 0 Å². The summed E-state index contributed by atoms with van der Waals surface area (Å²) in [5.74, 6) is -0.0486. The van der Waals surface area contributed by atoms with Crippen LogP contribution in [0.4, 0.5) is 0 Å². The van der Waals surface area contributed by atoms with Crippen LogP contribution in [0.15, 0.2) is 36.5 Å². The number of likely N-dealkylation sites (N-methyl/N-ethyl adjacent to an activating group) is 1. The van der Waals surface area contributed by atoms with Gasteiger partial charge in [0.15, 0.2) is 0 Å². The van der Waals surface area contributed by atoms with Gasteiger partial charge in [-0.05, 0) is 32.6 Å². The van der Waals surface area contributed by atoms with E-state index in [1.165, 1.54) is 0 Å². The molecule has 0 fully saturated rings. The number of carbonyl (C=O) groups is 1. The van der Waals surface area contributed by atoms with Crippen LogP contribution in [0.5, 0.6) is 0 Å². The fourth-order valence-electron chi connectivity index (χ4n) is 2.32. The molecule has 2 aromatic rings. The van der Waals surface area contributed by atoms with Crippen molar-refractivity contribution in [2.45, 2.75) is 19.8 Å². The molecule has 2 rings (SSSR count). The minimum absolute atomic E-state index is 0.0486. The first-order valence-electron chi connectivity index (χ1n) is 7.68. The molecule has 0 aliphatic carbocycles. The zero-order chi connectivity index (χ0) is 15.9. The summed E-state index contributed by atoms with van der Waals surface area (Å²) in [6.45, 7) is 3.56. The number of rotatable bonds is 7. The smallest absolute Gasteiger partial charge is 0.254 e. The molecule has 0 saturated carbocycles. The van der Waals surface area contributed by atoms with Gasteiger partial charge < -0.3 is 10.2 Å². The standard InChI is InChI=1S/C17H24N4O/c1-4-8-16-15(17(22)18-11-12-20(2)3)13-19-21(16)14-9-6-5-7-10-14/h5-7,9-10,13H,4,8,11-12H2,1-3H3,(H,18,22). The van der Waals surface area contributed by atoms with Gasteiger partial charge in [0.05, 0.1) is 23.1 Å². The fourth-order valence-corrected chi connectivity index (χ4v) is 2.32. The minimum atomic E-state index is -0.0486. The molecule has 1 aromatic carbocycles. The third-order valence-electron chi connectivity index (χ3n) is 3.45. The lowest BCUT2D eigenvalue weighted by atomic mass is 10.1. The molecule has 1 aromatic heterocycles. The van der Waals surface area contributed by atoms with Gasteiger partial charge in [0, 0.05) is 13.1 Å². The molecule has 0 unspecified atom stereocenters. The summed E-state index contributed by atoms with van der Waals surface area (Å²) in [6.07, 6.45) is 3.46. The van der Waals surface area contributed by atoms with Crippen molar-refractivity contribution in [2.24, 2.45) is 0 Å². The van der Waals surface area contributed by atoms with E-state index in [1.807, 2.05) is 54.0 Å². The molecule has 0 saturated heterocycles. The van der Waals surface area contributed by atoms with Crippen LogP contribution in [0.2, 0.25) is 0 Å². The minimum Gasteiger partial charge on any atom is -0.351 e. The van der Waals surface area contributed by atoms with Crippen LogP contribution in [0.1, 0.15) is 29.4 Å². The Kier molecular flexibility index (Phi) is 5.72. The van der Waals surface area contributed by atoms with Gasteiger partial charge in [0.25, 0.3) is 5.91 Å². The van der Waals surface area contributed by atoms with Crippen LogP contribution in [-0.4, -0.2) is 47.8 Å². The summed E-state index contributed by atoms with van der Waals surface area (Å²) in [4.78, 5) is 14.4. The molecule has 1 heterocycles. The monoisotopic (exact) mass is 300 g/mol. The molecule has 118 valence electrons. The summed E-state index contributed by atoms with van der Waals surface area (Å²) in [7, 11) is 3.98. The molecule has 0 atom stereocenters. The second-order valence-corrected chi connectivity index (χ2v) is 5.56. The number of para-hydroxylation sites is 1. The van der Waals surface area contributed by atoms with Crippen molar-refractivity contribution >= 4 is 5.91 Å². The van der Waals surface area contributed by atoms with E-state index in [0.717, 1.165) is 30.8 Å². The Hall–Kier alpha value is -2.14. The largest absolute Gasteiger partial charge is 0.351 e. The van der Waals surface area contributed by atoms with E-state index in [2.05, 4.69) is 17.3 Å². The van der Waals surface area contributed by atoms with Crippen LogP contribution < -0.4 is 5.32 Å². The Morgan fingerprint density at radius 2 is 2.00 bits per heavy atom. The second kappa shape index (κ2) is 7.75. The van der Waals surface area contributed by atoms with E-state index in [-0.39, 0.29) is 5.91 Å². The number of benzene rings is 1. The topological polar surface area (TPSA) is 50.2 Å². The zero-order valence-electron chi connectivity index (χ0n) is 13.5. The number of aromatic nitrogens is 2. The Bertz CT molecular complexity index is 604. The number of amides is 1. The molecular weight excluding hydrogens is 276 g/mol. The Morgan fingerprint density at radius 3 is 2.64 bits per heavy atom. The van der Waals surface area contributed by atoms with Crippen LogP contribution in [0.3, 0.4) is 0 Å². The number of nitrogens with one attached hydrogen (secondary N) is 1. The summed E-state index contributed by atoms with van der Waals surface area (Å²) in [5.41, 5.74) is 2.62. The quantitative estimate of drug-likeness (QED) is 0.852. The van der Waals surface area contributed by atoms with Crippen LogP contribution >= 0.6 is 0 Å². The van der Waals surface area contributed by atoms with Crippen molar-refractivity contribution in [1.29, 1.82) is 0 Å².